The van der Waals surface area contributed by atoms with Crippen LogP contribution in [0.3, 0.4) is 0 Å². The highest BCUT2D eigenvalue weighted by atomic mass is 35.5. The molecule has 0 radical (unpaired) electrons. The van der Waals surface area contributed by atoms with Crippen molar-refractivity contribution in [3.63, 3.8) is 0 Å². The molecule has 1 saturated carbocycles. The van der Waals surface area contributed by atoms with Crippen molar-refractivity contribution in [2.45, 2.75) is 38.4 Å². The molecule has 2 aromatic carbocycles. The Morgan fingerprint density at radius 3 is 2.48 bits per heavy atom. The van der Waals surface area contributed by atoms with E-state index in [1.807, 2.05) is 70.4 Å². The van der Waals surface area contributed by atoms with Crippen LogP contribution in [0.1, 0.15) is 47.3 Å². The van der Waals surface area contributed by atoms with Crippen LogP contribution in [0.25, 0.3) is 0 Å². The van der Waals surface area contributed by atoms with Gasteiger partial charge >= 0.3 is 0 Å². The third-order valence-corrected chi connectivity index (χ3v) is 5.30. The third kappa shape index (κ3) is 4.06. The smallest absolute Gasteiger partial charge is 0.254 e. The van der Waals surface area contributed by atoms with E-state index >= 15 is 0 Å². The monoisotopic (exact) mass is 379 g/mol. The van der Waals surface area contributed by atoms with Crippen molar-refractivity contribution in [2.24, 2.45) is 0 Å². The maximum Gasteiger partial charge on any atom is 0.254 e. The number of benzene rings is 2. The second-order valence-corrected chi connectivity index (χ2v) is 7.51. The van der Waals surface area contributed by atoms with Gasteiger partial charge in [-0.25, -0.2) is 0 Å². The number of aromatic nitrogens is 2. The number of carbonyl (C=O) groups is 1. The normalized spacial score (nSPS) is 14.7. The van der Waals surface area contributed by atoms with Crippen LogP contribution in [0.15, 0.2) is 67.0 Å². The first-order valence-corrected chi connectivity index (χ1v) is 9.64. The lowest BCUT2D eigenvalue weighted by Crippen LogP contribution is -2.35. The minimum atomic E-state index is 0.0195. The van der Waals surface area contributed by atoms with E-state index in [1.54, 1.807) is 6.20 Å². The zero-order valence-corrected chi connectivity index (χ0v) is 16.0. The zero-order valence-electron chi connectivity index (χ0n) is 15.3. The minimum absolute atomic E-state index is 0.0195. The predicted molar refractivity (Wildman–Crippen MR) is 107 cm³/mol. The molecule has 0 bridgehead atoms. The zero-order chi connectivity index (χ0) is 18.8. The van der Waals surface area contributed by atoms with Gasteiger partial charge < -0.3 is 4.90 Å². The topological polar surface area (TPSA) is 38.1 Å². The fourth-order valence-corrected chi connectivity index (χ4v) is 3.52. The molecule has 27 heavy (non-hydrogen) atoms. The number of amides is 1. The first-order chi connectivity index (χ1) is 13.1. The molecule has 1 atom stereocenters. The number of nitrogens with zero attached hydrogens (tertiary/aromatic N) is 3. The number of halogens is 1. The van der Waals surface area contributed by atoms with Crippen molar-refractivity contribution in [3.05, 3.63) is 88.7 Å². The molecule has 138 valence electrons. The molecule has 1 amide bonds. The lowest BCUT2D eigenvalue weighted by molar-refractivity contribution is 0.0674. The van der Waals surface area contributed by atoms with Crippen molar-refractivity contribution >= 4 is 17.5 Å². The molecule has 1 aliphatic carbocycles. The molecule has 1 aromatic heterocycles. The molecule has 1 fully saturated rings. The van der Waals surface area contributed by atoms with E-state index in [1.165, 1.54) is 0 Å². The molecule has 4 rings (SSSR count). The van der Waals surface area contributed by atoms with Crippen LogP contribution in [0.5, 0.6) is 0 Å². The molecule has 5 heteroatoms. The number of hydrogen-bond donors (Lipinski definition) is 0. The van der Waals surface area contributed by atoms with Crippen LogP contribution in [0.2, 0.25) is 5.02 Å². The first kappa shape index (κ1) is 17.8. The predicted octanol–water partition coefficient (Wildman–Crippen LogP) is 4.95. The molecule has 4 nitrogen and oxygen atoms in total. The van der Waals surface area contributed by atoms with Gasteiger partial charge in [-0.2, -0.15) is 5.10 Å². The highest BCUT2D eigenvalue weighted by molar-refractivity contribution is 6.30. The standard InChI is InChI=1S/C22H22ClN3O/c1-16(18-7-9-20(23)10-8-18)26(21-11-12-21)22(27)19-5-3-17(4-6-19)15-25-14-2-13-24-25/h2-10,13-14,16,21H,11-12,15H2,1H3. The maximum atomic E-state index is 13.2. The van der Waals surface area contributed by atoms with Crippen molar-refractivity contribution in [2.75, 3.05) is 0 Å². The Labute approximate surface area is 164 Å². The van der Waals surface area contributed by atoms with Crippen molar-refractivity contribution in [1.82, 2.24) is 14.7 Å². The Morgan fingerprint density at radius 2 is 1.89 bits per heavy atom. The van der Waals surface area contributed by atoms with Gasteiger partial charge in [0, 0.05) is 29.0 Å². The Balaban J connectivity index is 1.52. The summed E-state index contributed by atoms with van der Waals surface area (Å²) < 4.78 is 1.87. The summed E-state index contributed by atoms with van der Waals surface area (Å²) in [6.45, 7) is 2.79. The highest BCUT2D eigenvalue weighted by Gasteiger charge is 2.36. The maximum absolute atomic E-state index is 13.2. The second kappa shape index (κ2) is 7.57. The van der Waals surface area contributed by atoms with Gasteiger partial charge in [0.05, 0.1) is 12.6 Å². The van der Waals surface area contributed by atoms with Gasteiger partial charge in [0.15, 0.2) is 0 Å². The van der Waals surface area contributed by atoms with Gasteiger partial charge in [-0.05, 0) is 61.2 Å². The summed E-state index contributed by atoms with van der Waals surface area (Å²) in [5, 5.41) is 4.93. The Hall–Kier alpha value is -2.59. The lowest BCUT2D eigenvalue weighted by Gasteiger charge is -2.30. The van der Waals surface area contributed by atoms with E-state index in [0.29, 0.717) is 17.6 Å². The van der Waals surface area contributed by atoms with Crippen LogP contribution >= 0.6 is 11.6 Å². The fraction of sp³-hybridized carbons (Fsp3) is 0.273. The van der Waals surface area contributed by atoms with Crippen LogP contribution in [0, 0.1) is 0 Å². The van der Waals surface area contributed by atoms with Crippen molar-refractivity contribution in [3.8, 4) is 0 Å². The summed E-state index contributed by atoms with van der Waals surface area (Å²) in [6.07, 6.45) is 5.84. The molecule has 0 N–H and O–H groups in total. The van der Waals surface area contributed by atoms with E-state index in [9.17, 15) is 4.79 Å². The van der Waals surface area contributed by atoms with Crippen molar-refractivity contribution < 1.29 is 4.79 Å². The van der Waals surface area contributed by atoms with Crippen LogP contribution < -0.4 is 0 Å². The van der Waals surface area contributed by atoms with Gasteiger partial charge in [-0.15, -0.1) is 0 Å². The molecule has 0 aliphatic heterocycles. The van der Waals surface area contributed by atoms with E-state index in [4.69, 9.17) is 11.6 Å². The SMILES string of the molecule is CC(c1ccc(Cl)cc1)N(C(=O)c1ccc(Cn2cccn2)cc1)C1CC1. The molecule has 0 saturated heterocycles. The summed E-state index contributed by atoms with van der Waals surface area (Å²) >= 11 is 6.01. The van der Waals surface area contributed by atoms with Gasteiger partial charge in [0.25, 0.3) is 5.91 Å². The summed E-state index contributed by atoms with van der Waals surface area (Å²) in [5.74, 6) is 0.0885. The quantitative estimate of drug-likeness (QED) is 0.607. The van der Waals surface area contributed by atoms with E-state index in [-0.39, 0.29) is 11.9 Å². The lowest BCUT2D eigenvalue weighted by atomic mass is 10.0. The number of rotatable bonds is 6. The number of carbonyl (C=O) groups excluding carboxylic acids is 1. The van der Waals surface area contributed by atoms with Gasteiger partial charge in [-0.1, -0.05) is 35.9 Å². The summed E-state index contributed by atoms with van der Waals surface area (Å²) in [4.78, 5) is 15.2. The largest absolute Gasteiger partial charge is 0.329 e. The van der Waals surface area contributed by atoms with Crippen LogP contribution in [0.4, 0.5) is 0 Å². The van der Waals surface area contributed by atoms with E-state index in [2.05, 4.69) is 12.0 Å². The Morgan fingerprint density at radius 1 is 1.19 bits per heavy atom. The number of hydrogen-bond acceptors (Lipinski definition) is 2. The molecule has 1 heterocycles. The summed E-state index contributed by atoms with van der Waals surface area (Å²) in [6, 6.07) is 17.9. The molecular formula is C22H22ClN3O. The molecular weight excluding hydrogens is 358 g/mol. The highest BCUT2D eigenvalue weighted by Crippen LogP contribution is 2.36. The van der Waals surface area contributed by atoms with Crippen molar-refractivity contribution in [1.29, 1.82) is 0 Å². The second-order valence-electron chi connectivity index (χ2n) is 7.07. The Bertz CT molecular complexity index is 900. The molecule has 3 aromatic rings. The summed E-state index contributed by atoms with van der Waals surface area (Å²) in [7, 11) is 0. The van der Waals surface area contributed by atoms with E-state index in [0.717, 1.165) is 29.5 Å². The summed E-state index contributed by atoms with van der Waals surface area (Å²) in [5.41, 5.74) is 2.96. The van der Waals surface area contributed by atoms with Crippen LogP contribution in [-0.2, 0) is 6.54 Å². The first-order valence-electron chi connectivity index (χ1n) is 9.26. The average Bonchev–Trinajstić information content (AvgIpc) is 3.38. The Kier molecular flexibility index (Phi) is 4.99. The van der Waals surface area contributed by atoms with Gasteiger partial charge in [0.2, 0.25) is 0 Å². The third-order valence-electron chi connectivity index (χ3n) is 5.05. The molecule has 1 unspecified atom stereocenters. The van der Waals surface area contributed by atoms with Crippen LogP contribution in [-0.4, -0.2) is 26.6 Å². The molecule has 1 aliphatic rings. The fourth-order valence-electron chi connectivity index (χ4n) is 3.40. The van der Waals surface area contributed by atoms with E-state index < -0.39 is 0 Å². The minimum Gasteiger partial charge on any atom is -0.329 e. The van der Waals surface area contributed by atoms with Gasteiger partial charge in [-0.3, -0.25) is 9.48 Å². The van der Waals surface area contributed by atoms with Gasteiger partial charge in [0.1, 0.15) is 0 Å². The average molecular weight is 380 g/mol. The molecule has 0 spiro atoms.